The Bertz CT molecular complexity index is 286. The molecule has 1 aromatic heterocycles. The normalized spacial score (nSPS) is 12.9. The van der Waals surface area contributed by atoms with Crippen LogP contribution >= 0.6 is 0 Å². The van der Waals surface area contributed by atoms with Gasteiger partial charge >= 0.3 is 0 Å². The van der Waals surface area contributed by atoms with Crippen LogP contribution in [0.3, 0.4) is 0 Å². The van der Waals surface area contributed by atoms with Crippen molar-refractivity contribution in [3.63, 3.8) is 0 Å². The van der Waals surface area contributed by atoms with Gasteiger partial charge in [0.25, 0.3) is 0 Å². The van der Waals surface area contributed by atoms with Crippen molar-refractivity contribution >= 4 is 0 Å². The van der Waals surface area contributed by atoms with Crippen LogP contribution in [0.25, 0.3) is 0 Å². The number of rotatable bonds is 8. The maximum atomic E-state index is 5.08. The molecule has 0 aromatic carbocycles. The number of nitrogens with zero attached hydrogens (tertiary/aromatic N) is 2. The van der Waals surface area contributed by atoms with Crippen molar-refractivity contribution in [1.82, 2.24) is 15.1 Å². The lowest BCUT2D eigenvalue weighted by Gasteiger charge is -2.16. The van der Waals surface area contributed by atoms with Crippen LogP contribution in [0.15, 0.2) is 12.3 Å². The molecule has 1 unspecified atom stereocenters. The Kier molecular flexibility index (Phi) is 6.11. The molecule has 1 N–H and O–H groups in total. The van der Waals surface area contributed by atoms with E-state index in [1.54, 1.807) is 7.11 Å². The lowest BCUT2D eigenvalue weighted by molar-refractivity contribution is 0.188. The predicted molar refractivity (Wildman–Crippen MR) is 65.4 cm³/mol. The largest absolute Gasteiger partial charge is 0.385 e. The summed E-state index contributed by atoms with van der Waals surface area (Å²) in [5, 5.41) is 7.98. The quantitative estimate of drug-likeness (QED) is 0.687. The Morgan fingerprint density at radius 1 is 1.56 bits per heavy atom. The Morgan fingerprint density at radius 2 is 2.38 bits per heavy atom. The van der Waals surface area contributed by atoms with Crippen molar-refractivity contribution in [2.45, 2.75) is 32.2 Å². The van der Waals surface area contributed by atoms with E-state index in [4.69, 9.17) is 4.74 Å². The Morgan fingerprint density at radius 3 is 2.94 bits per heavy atom. The molecule has 0 amide bonds. The molecule has 0 aliphatic heterocycles. The van der Waals surface area contributed by atoms with Crippen molar-refractivity contribution in [3.05, 3.63) is 18.0 Å². The molecular formula is C12H23N3O. The lowest BCUT2D eigenvalue weighted by Crippen LogP contribution is -2.23. The van der Waals surface area contributed by atoms with Gasteiger partial charge in [0.05, 0.1) is 11.7 Å². The van der Waals surface area contributed by atoms with E-state index in [9.17, 15) is 0 Å². The molecule has 0 bridgehead atoms. The van der Waals surface area contributed by atoms with Gasteiger partial charge in [-0.3, -0.25) is 4.68 Å². The van der Waals surface area contributed by atoms with Gasteiger partial charge in [-0.1, -0.05) is 6.92 Å². The predicted octanol–water partition coefficient (Wildman–Crippen LogP) is 1.89. The number of nitrogens with one attached hydrogen (secondary N) is 1. The molecule has 4 nitrogen and oxygen atoms in total. The number of methoxy groups -OCH3 is 1. The molecule has 0 aliphatic rings. The van der Waals surface area contributed by atoms with Crippen LogP contribution in [0.4, 0.5) is 0 Å². The number of ether oxygens (including phenoxy) is 1. The number of hydrogen-bond acceptors (Lipinski definition) is 3. The molecule has 1 aromatic rings. The van der Waals surface area contributed by atoms with E-state index in [0.29, 0.717) is 6.04 Å². The molecule has 4 heteroatoms. The Hall–Kier alpha value is -0.870. The SMILES string of the molecule is CCCNC(CCCOC)c1ccn(C)n1. The topological polar surface area (TPSA) is 39.1 Å². The van der Waals surface area contributed by atoms with Crippen LogP contribution < -0.4 is 5.32 Å². The highest BCUT2D eigenvalue weighted by Crippen LogP contribution is 2.16. The minimum Gasteiger partial charge on any atom is -0.385 e. The van der Waals surface area contributed by atoms with Gasteiger partial charge in [0.15, 0.2) is 0 Å². The molecule has 0 saturated carbocycles. The molecule has 0 spiro atoms. The van der Waals surface area contributed by atoms with Crippen LogP contribution in [0.2, 0.25) is 0 Å². The summed E-state index contributed by atoms with van der Waals surface area (Å²) in [5.74, 6) is 0. The molecule has 0 radical (unpaired) electrons. The Balaban J connectivity index is 2.49. The van der Waals surface area contributed by atoms with Gasteiger partial charge in [-0.05, 0) is 31.9 Å². The van der Waals surface area contributed by atoms with Crippen LogP contribution in [-0.2, 0) is 11.8 Å². The summed E-state index contributed by atoms with van der Waals surface area (Å²) in [6.07, 6.45) is 5.28. The molecule has 1 atom stereocenters. The van der Waals surface area contributed by atoms with Crippen molar-refractivity contribution in [2.75, 3.05) is 20.3 Å². The highest BCUT2D eigenvalue weighted by Gasteiger charge is 2.12. The third-order valence-electron chi connectivity index (χ3n) is 2.57. The molecule has 92 valence electrons. The van der Waals surface area contributed by atoms with Crippen LogP contribution in [0, 0.1) is 0 Å². The van der Waals surface area contributed by atoms with Gasteiger partial charge in [0.2, 0.25) is 0 Å². The van der Waals surface area contributed by atoms with Gasteiger partial charge in [0, 0.05) is 27.0 Å². The molecule has 0 saturated heterocycles. The third kappa shape index (κ3) is 4.33. The smallest absolute Gasteiger partial charge is 0.0793 e. The fraction of sp³-hybridized carbons (Fsp3) is 0.750. The highest BCUT2D eigenvalue weighted by molar-refractivity contribution is 5.05. The van der Waals surface area contributed by atoms with Gasteiger partial charge in [-0.25, -0.2) is 0 Å². The summed E-state index contributed by atoms with van der Waals surface area (Å²) in [5.41, 5.74) is 1.13. The minimum atomic E-state index is 0.358. The monoisotopic (exact) mass is 225 g/mol. The second-order valence-corrected chi connectivity index (χ2v) is 4.06. The first kappa shape index (κ1) is 13.2. The van der Waals surface area contributed by atoms with Crippen molar-refractivity contribution in [1.29, 1.82) is 0 Å². The molecule has 1 heterocycles. The van der Waals surface area contributed by atoms with Gasteiger partial charge in [-0.2, -0.15) is 5.10 Å². The second kappa shape index (κ2) is 7.41. The lowest BCUT2D eigenvalue weighted by atomic mass is 10.1. The van der Waals surface area contributed by atoms with Crippen LogP contribution in [0.1, 0.15) is 37.9 Å². The van der Waals surface area contributed by atoms with Crippen LogP contribution in [0.5, 0.6) is 0 Å². The summed E-state index contributed by atoms with van der Waals surface area (Å²) in [6.45, 7) is 4.03. The van der Waals surface area contributed by atoms with Gasteiger partial charge in [-0.15, -0.1) is 0 Å². The number of aryl methyl sites for hydroxylation is 1. The zero-order valence-electron chi connectivity index (χ0n) is 10.6. The molecule has 0 fully saturated rings. The number of hydrogen-bond donors (Lipinski definition) is 1. The summed E-state index contributed by atoms with van der Waals surface area (Å²) in [7, 11) is 3.70. The fourth-order valence-electron chi connectivity index (χ4n) is 1.72. The van der Waals surface area contributed by atoms with E-state index < -0.39 is 0 Å². The molecule has 1 rings (SSSR count). The molecule has 16 heavy (non-hydrogen) atoms. The number of aromatic nitrogens is 2. The highest BCUT2D eigenvalue weighted by atomic mass is 16.5. The molecular weight excluding hydrogens is 202 g/mol. The van der Waals surface area contributed by atoms with Crippen LogP contribution in [-0.4, -0.2) is 30.0 Å². The average Bonchev–Trinajstić information content (AvgIpc) is 2.70. The van der Waals surface area contributed by atoms with E-state index in [0.717, 1.165) is 38.1 Å². The summed E-state index contributed by atoms with van der Waals surface area (Å²) < 4.78 is 6.94. The van der Waals surface area contributed by atoms with Crippen molar-refractivity contribution < 1.29 is 4.74 Å². The first-order valence-electron chi connectivity index (χ1n) is 5.99. The maximum Gasteiger partial charge on any atom is 0.0793 e. The first-order chi connectivity index (χ1) is 7.77. The maximum absolute atomic E-state index is 5.08. The summed E-state index contributed by atoms with van der Waals surface area (Å²) >= 11 is 0. The van der Waals surface area contributed by atoms with E-state index in [2.05, 4.69) is 23.4 Å². The van der Waals surface area contributed by atoms with E-state index in [1.165, 1.54) is 0 Å². The zero-order chi connectivity index (χ0) is 11.8. The average molecular weight is 225 g/mol. The zero-order valence-corrected chi connectivity index (χ0v) is 10.6. The molecule has 0 aliphatic carbocycles. The fourth-order valence-corrected chi connectivity index (χ4v) is 1.72. The first-order valence-corrected chi connectivity index (χ1v) is 5.99. The minimum absolute atomic E-state index is 0.358. The van der Waals surface area contributed by atoms with Crippen molar-refractivity contribution in [3.8, 4) is 0 Å². The van der Waals surface area contributed by atoms with E-state index in [1.807, 2.05) is 17.9 Å². The van der Waals surface area contributed by atoms with Gasteiger partial charge < -0.3 is 10.1 Å². The van der Waals surface area contributed by atoms with Gasteiger partial charge in [0.1, 0.15) is 0 Å². The standard InChI is InChI=1S/C12H23N3O/c1-4-8-13-11(6-5-10-16-3)12-7-9-15(2)14-12/h7,9,11,13H,4-6,8,10H2,1-3H3. The summed E-state index contributed by atoms with van der Waals surface area (Å²) in [4.78, 5) is 0. The van der Waals surface area contributed by atoms with Crippen molar-refractivity contribution in [2.24, 2.45) is 7.05 Å². The Labute approximate surface area is 98.0 Å². The second-order valence-electron chi connectivity index (χ2n) is 4.06. The van der Waals surface area contributed by atoms with E-state index in [-0.39, 0.29) is 0 Å². The third-order valence-corrected chi connectivity index (χ3v) is 2.57. The van der Waals surface area contributed by atoms with E-state index >= 15 is 0 Å². The summed E-state index contributed by atoms with van der Waals surface area (Å²) in [6, 6.07) is 2.44.